The van der Waals surface area contributed by atoms with E-state index in [-0.39, 0.29) is 6.61 Å². The third-order valence-corrected chi connectivity index (χ3v) is 4.03. The van der Waals surface area contributed by atoms with Gasteiger partial charge in [0.1, 0.15) is 5.75 Å². The first-order valence-corrected chi connectivity index (χ1v) is 8.56. The molecule has 0 radical (unpaired) electrons. The largest absolute Gasteiger partial charge is 0.482 e. The van der Waals surface area contributed by atoms with Crippen LogP contribution in [0.5, 0.6) is 5.75 Å². The first-order chi connectivity index (χ1) is 12.3. The van der Waals surface area contributed by atoms with Crippen molar-refractivity contribution in [3.8, 4) is 5.75 Å². The highest BCUT2D eigenvalue weighted by Crippen LogP contribution is 2.27. The molecule has 0 spiro atoms. The number of rotatable bonds is 6. The Morgan fingerprint density at radius 1 is 0.962 bits per heavy atom. The molecule has 0 aromatic heterocycles. The van der Waals surface area contributed by atoms with Crippen LogP contribution in [0.1, 0.15) is 22.3 Å². The van der Waals surface area contributed by atoms with Crippen molar-refractivity contribution in [1.29, 1.82) is 0 Å². The standard InChI is InChI=1S/C20H22ClNO4/c1-12-5-6-17(14(3)7-12)25-11-19(24)26-10-18(23)22-20-15(4)8-13(2)9-16(20)21/h5-9H,10-11H2,1-4H3,(H,22,23). The zero-order valence-electron chi connectivity index (χ0n) is 15.3. The van der Waals surface area contributed by atoms with Crippen LogP contribution >= 0.6 is 11.6 Å². The zero-order chi connectivity index (χ0) is 19.3. The fourth-order valence-corrected chi connectivity index (χ4v) is 2.90. The average Bonchev–Trinajstić information content (AvgIpc) is 2.55. The van der Waals surface area contributed by atoms with Gasteiger partial charge in [0.2, 0.25) is 0 Å². The summed E-state index contributed by atoms with van der Waals surface area (Å²) in [6.07, 6.45) is 0. The highest BCUT2D eigenvalue weighted by atomic mass is 35.5. The molecule has 1 N–H and O–H groups in total. The smallest absolute Gasteiger partial charge is 0.344 e. The molecule has 0 aliphatic carbocycles. The van der Waals surface area contributed by atoms with E-state index in [1.54, 1.807) is 12.1 Å². The number of ether oxygens (including phenoxy) is 2. The maximum Gasteiger partial charge on any atom is 0.344 e. The molecule has 26 heavy (non-hydrogen) atoms. The van der Waals surface area contributed by atoms with Gasteiger partial charge in [-0.25, -0.2) is 4.79 Å². The average molecular weight is 376 g/mol. The maximum absolute atomic E-state index is 12.0. The summed E-state index contributed by atoms with van der Waals surface area (Å²) in [7, 11) is 0. The lowest BCUT2D eigenvalue weighted by atomic mass is 10.1. The molecule has 0 heterocycles. The number of carbonyl (C=O) groups is 2. The Bertz CT molecular complexity index is 810. The molecule has 0 saturated carbocycles. The number of nitrogens with one attached hydrogen (secondary N) is 1. The van der Waals surface area contributed by atoms with Gasteiger partial charge in [-0.05, 0) is 56.5 Å². The number of benzene rings is 2. The second-order valence-electron chi connectivity index (χ2n) is 6.21. The van der Waals surface area contributed by atoms with E-state index in [4.69, 9.17) is 21.1 Å². The van der Waals surface area contributed by atoms with Crippen molar-refractivity contribution in [3.63, 3.8) is 0 Å². The lowest BCUT2D eigenvalue weighted by molar-refractivity contribution is -0.149. The molecule has 0 aliphatic rings. The molecule has 2 aromatic carbocycles. The van der Waals surface area contributed by atoms with E-state index in [1.165, 1.54) is 0 Å². The third kappa shape index (κ3) is 5.49. The van der Waals surface area contributed by atoms with Crippen molar-refractivity contribution in [2.75, 3.05) is 18.5 Å². The van der Waals surface area contributed by atoms with Crippen LogP contribution in [0, 0.1) is 27.7 Å². The van der Waals surface area contributed by atoms with Gasteiger partial charge < -0.3 is 14.8 Å². The van der Waals surface area contributed by atoms with Gasteiger partial charge >= 0.3 is 5.97 Å². The number of carbonyl (C=O) groups excluding carboxylic acids is 2. The van der Waals surface area contributed by atoms with Gasteiger partial charge in [0.05, 0.1) is 10.7 Å². The van der Waals surface area contributed by atoms with Crippen molar-refractivity contribution in [1.82, 2.24) is 0 Å². The van der Waals surface area contributed by atoms with Crippen LogP contribution in [0.4, 0.5) is 5.69 Å². The van der Waals surface area contributed by atoms with E-state index in [2.05, 4.69) is 5.32 Å². The number of halogens is 1. The summed E-state index contributed by atoms with van der Waals surface area (Å²) >= 11 is 6.14. The Labute approximate surface area is 158 Å². The van der Waals surface area contributed by atoms with Crippen LogP contribution in [-0.4, -0.2) is 25.1 Å². The van der Waals surface area contributed by atoms with Crippen LogP contribution in [0.25, 0.3) is 0 Å². The van der Waals surface area contributed by atoms with Gasteiger partial charge in [-0.15, -0.1) is 0 Å². The quantitative estimate of drug-likeness (QED) is 0.771. The van der Waals surface area contributed by atoms with Crippen LogP contribution in [-0.2, 0) is 14.3 Å². The molecule has 0 saturated heterocycles. The monoisotopic (exact) mass is 375 g/mol. The minimum Gasteiger partial charge on any atom is -0.482 e. The van der Waals surface area contributed by atoms with Crippen molar-refractivity contribution in [2.45, 2.75) is 27.7 Å². The number of amides is 1. The van der Waals surface area contributed by atoms with E-state index >= 15 is 0 Å². The Kier molecular flexibility index (Phi) is 6.64. The van der Waals surface area contributed by atoms with Gasteiger partial charge in [0.25, 0.3) is 5.91 Å². The summed E-state index contributed by atoms with van der Waals surface area (Å²) in [6.45, 7) is 6.97. The van der Waals surface area contributed by atoms with E-state index in [0.717, 1.165) is 22.3 Å². The summed E-state index contributed by atoms with van der Waals surface area (Å²) < 4.78 is 10.4. The van der Waals surface area contributed by atoms with Crippen molar-refractivity contribution < 1.29 is 19.1 Å². The minimum absolute atomic E-state index is 0.262. The fourth-order valence-electron chi connectivity index (χ4n) is 2.54. The van der Waals surface area contributed by atoms with Gasteiger partial charge in [-0.1, -0.05) is 35.4 Å². The molecular weight excluding hydrogens is 354 g/mol. The van der Waals surface area contributed by atoms with E-state index in [1.807, 2.05) is 45.9 Å². The molecule has 2 aromatic rings. The first kappa shape index (κ1) is 19.8. The van der Waals surface area contributed by atoms with Gasteiger partial charge in [0.15, 0.2) is 13.2 Å². The van der Waals surface area contributed by atoms with E-state index in [9.17, 15) is 9.59 Å². The van der Waals surface area contributed by atoms with Crippen LogP contribution in [0.15, 0.2) is 30.3 Å². The minimum atomic E-state index is -0.619. The lowest BCUT2D eigenvalue weighted by Gasteiger charge is -2.12. The first-order valence-electron chi connectivity index (χ1n) is 8.18. The molecule has 6 heteroatoms. The molecule has 5 nitrogen and oxygen atoms in total. The van der Waals surface area contributed by atoms with Crippen LogP contribution in [0.2, 0.25) is 5.02 Å². The molecule has 0 unspecified atom stereocenters. The summed E-state index contributed by atoms with van der Waals surface area (Å²) in [5.74, 6) is -0.468. The Hall–Kier alpha value is -2.53. The van der Waals surface area contributed by atoms with Crippen LogP contribution in [0.3, 0.4) is 0 Å². The number of hydrogen-bond acceptors (Lipinski definition) is 4. The highest BCUT2D eigenvalue weighted by Gasteiger charge is 2.12. The van der Waals surface area contributed by atoms with Gasteiger partial charge in [-0.3, -0.25) is 4.79 Å². The molecule has 0 aliphatic heterocycles. The number of esters is 1. The Morgan fingerprint density at radius 2 is 1.65 bits per heavy atom. The molecule has 1 amide bonds. The number of anilines is 1. The Morgan fingerprint density at radius 3 is 2.31 bits per heavy atom. The number of hydrogen-bond donors (Lipinski definition) is 1. The maximum atomic E-state index is 12.0. The summed E-state index contributed by atoms with van der Waals surface area (Å²) in [6, 6.07) is 9.32. The molecule has 2 rings (SSSR count). The summed E-state index contributed by atoms with van der Waals surface area (Å²) in [4.78, 5) is 23.8. The van der Waals surface area contributed by atoms with Crippen molar-refractivity contribution in [2.24, 2.45) is 0 Å². The van der Waals surface area contributed by atoms with E-state index < -0.39 is 18.5 Å². The normalized spacial score (nSPS) is 10.3. The second kappa shape index (κ2) is 8.72. The van der Waals surface area contributed by atoms with Gasteiger partial charge in [0, 0.05) is 0 Å². The van der Waals surface area contributed by atoms with Gasteiger partial charge in [-0.2, -0.15) is 0 Å². The third-order valence-electron chi connectivity index (χ3n) is 3.74. The van der Waals surface area contributed by atoms with Crippen LogP contribution < -0.4 is 10.1 Å². The summed E-state index contributed by atoms with van der Waals surface area (Å²) in [5.41, 5.74) is 4.40. The zero-order valence-corrected chi connectivity index (χ0v) is 16.1. The van der Waals surface area contributed by atoms with E-state index in [0.29, 0.717) is 16.5 Å². The molecule has 0 fully saturated rings. The molecule has 0 atom stereocenters. The highest BCUT2D eigenvalue weighted by molar-refractivity contribution is 6.34. The Balaban J connectivity index is 1.83. The van der Waals surface area contributed by atoms with Crippen molar-refractivity contribution in [3.05, 3.63) is 57.6 Å². The molecule has 138 valence electrons. The summed E-state index contributed by atoms with van der Waals surface area (Å²) in [5, 5.41) is 3.11. The second-order valence-corrected chi connectivity index (χ2v) is 6.61. The SMILES string of the molecule is Cc1ccc(OCC(=O)OCC(=O)Nc2c(C)cc(C)cc2Cl)c(C)c1. The lowest BCUT2D eigenvalue weighted by Crippen LogP contribution is -2.24. The fraction of sp³-hybridized carbons (Fsp3) is 0.300. The predicted molar refractivity (Wildman–Crippen MR) is 102 cm³/mol. The number of aryl methyl sites for hydroxylation is 4. The molecular formula is C20H22ClNO4. The van der Waals surface area contributed by atoms with Crippen molar-refractivity contribution >= 4 is 29.2 Å². The topological polar surface area (TPSA) is 64.6 Å². The molecule has 0 bridgehead atoms. The predicted octanol–water partition coefficient (Wildman–Crippen LogP) is 4.13.